The number of hydrogen-bond acceptors (Lipinski definition) is 3. The Hall–Kier alpha value is -3.47. The molecule has 0 radical (unpaired) electrons. The van der Waals surface area contributed by atoms with E-state index in [0.29, 0.717) is 25.2 Å². The van der Waals surface area contributed by atoms with Crippen molar-refractivity contribution in [3.05, 3.63) is 101 Å². The molecule has 4 rings (SSSR count). The minimum absolute atomic E-state index is 0.0623. The molecule has 146 valence electrons. The summed E-state index contributed by atoms with van der Waals surface area (Å²) in [5, 5.41) is 0. The van der Waals surface area contributed by atoms with E-state index in [1.807, 2.05) is 60.7 Å². The molecule has 2 amide bonds. The maximum atomic E-state index is 13.1. The molecule has 5 nitrogen and oxygen atoms in total. The van der Waals surface area contributed by atoms with Gasteiger partial charge in [-0.1, -0.05) is 54.6 Å². The third-order valence-electron chi connectivity index (χ3n) is 5.17. The maximum absolute atomic E-state index is 13.1. The summed E-state index contributed by atoms with van der Waals surface area (Å²) in [5.74, 6) is -0.137. The number of benzene rings is 2. The Morgan fingerprint density at radius 1 is 0.966 bits per heavy atom. The Kier molecular flexibility index (Phi) is 5.66. The molecule has 0 saturated heterocycles. The van der Waals surface area contributed by atoms with Gasteiger partial charge in [-0.3, -0.25) is 14.6 Å². The smallest absolute Gasteiger partial charge is 0.254 e. The molecule has 0 saturated carbocycles. The molecular formula is C24H23N3O2. The number of amides is 2. The Balaban J connectivity index is 1.46. The molecule has 2 aromatic carbocycles. The van der Waals surface area contributed by atoms with Crippen LogP contribution in [0.5, 0.6) is 0 Å². The minimum Gasteiger partial charge on any atom is -0.335 e. The third-order valence-corrected chi connectivity index (χ3v) is 5.17. The van der Waals surface area contributed by atoms with E-state index in [9.17, 15) is 9.59 Å². The van der Waals surface area contributed by atoms with Crippen LogP contribution < -0.4 is 0 Å². The number of fused-ring (bicyclic) bond motifs is 1. The monoisotopic (exact) mass is 385 g/mol. The summed E-state index contributed by atoms with van der Waals surface area (Å²) in [6, 6.07) is 23.3. The molecule has 1 aliphatic rings. The van der Waals surface area contributed by atoms with E-state index >= 15 is 0 Å². The molecule has 0 aliphatic carbocycles. The van der Waals surface area contributed by atoms with E-state index in [0.717, 1.165) is 17.7 Å². The first kappa shape index (κ1) is 18.9. The van der Waals surface area contributed by atoms with E-state index in [4.69, 9.17) is 0 Å². The average molecular weight is 385 g/mol. The fourth-order valence-corrected chi connectivity index (χ4v) is 3.59. The van der Waals surface area contributed by atoms with Crippen molar-refractivity contribution >= 4 is 11.8 Å². The number of carbonyl (C=O) groups excluding carboxylic acids is 2. The molecule has 1 aromatic heterocycles. The van der Waals surface area contributed by atoms with Crippen LogP contribution in [0.15, 0.2) is 79.0 Å². The van der Waals surface area contributed by atoms with Gasteiger partial charge in [0.15, 0.2) is 0 Å². The van der Waals surface area contributed by atoms with Crippen LogP contribution in [0.1, 0.15) is 27.2 Å². The zero-order chi connectivity index (χ0) is 20.1. The molecule has 0 atom stereocenters. The summed E-state index contributed by atoms with van der Waals surface area (Å²) in [4.78, 5) is 33.5. The van der Waals surface area contributed by atoms with Crippen molar-refractivity contribution in [2.24, 2.45) is 0 Å². The zero-order valence-electron chi connectivity index (χ0n) is 16.2. The first-order valence-corrected chi connectivity index (χ1v) is 9.79. The van der Waals surface area contributed by atoms with E-state index < -0.39 is 0 Å². The Labute approximate surface area is 170 Å². The summed E-state index contributed by atoms with van der Waals surface area (Å²) in [6.45, 7) is 1.57. The largest absolute Gasteiger partial charge is 0.335 e. The van der Waals surface area contributed by atoms with Crippen LogP contribution in [-0.2, 0) is 24.3 Å². The number of rotatable bonds is 7. The number of nitrogens with zero attached hydrogens (tertiary/aromatic N) is 3. The van der Waals surface area contributed by atoms with E-state index in [1.54, 1.807) is 16.0 Å². The van der Waals surface area contributed by atoms with Crippen molar-refractivity contribution in [2.75, 3.05) is 13.1 Å². The molecule has 0 N–H and O–H groups in total. The maximum Gasteiger partial charge on any atom is 0.254 e. The highest BCUT2D eigenvalue weighted by atomic mass is 16.2. The number of pyridine rings is 1. The lowest BCUT2D eigenvalue weighted by Crippen LogP contribution is -2.41. The van der Waals surface area contributed by atoms with Gasteiger partial charge < -0.3 is 9.80 Å². The van der Waals surface area contributed by atoms with Gasteiger partial charge in [0.2, 0.25) is 5.91 Å². The zero-order valence-corrected chi connectivity index (χ0v) is 16.2. The van der Waals surface area contributed by atoms with Gasteiger partial charge in [0.25, 0.3) is 5.91 Å². The van der Waals surface area contributed by atoms with Crippen molar-refractivity contribution < 1.29 is 9.59 Å². The van der Waals surface area contributed by atoms with Crippen LogP contribution >= 0.6 is 0 Å². The van der Waals surface area contributed by atoms with Crippen molar-refractivity contribution in [3.63, 3.8) is 0 Å². The molecule has 2 heterocycles. The molecule has 3 aromatic rings. The van der Waals surface area contributed by atoms with E-state index in [-0.39, 0.29) is 18.4 Å². The molecule has 0 bridgehead atoms. The average Bonchev–Trinajstić information content (AvgIpc) is 3.08. The van der Waals surface area contributed by atoms with Gasteiger partial charge >= 0.3 is 0 Å². The number of aromatic nitrogens is 1. The predicted molar refractivity (Wildman–Crippen MR) is 111 cm³/mol. The summed E-state index contributed by atoms with van der Waals surface area (Å²) >= 11 is 0. The third kappa shape index (κ3) is 4.51. The molecule has 1 aliphatic heterocycles. The fraction of sp³-hybridized carbons (Fsp3) is 0.208. The van der Waals surface area contributed by atoms with E-state index in [1.165, 1.54) is 5.56 Å². The quantitative estimate of drug-likeness (QED) is 0.627. The van der Waals surface area contributed by atoms with Gasteiger partial charge in [-0.15, -0.1) is 0 Å². The second-order valence-electron chi connectivity index (χ2n) is 7.19. The summed E-state index contributed by atoms with van der Waals surface area (Å²) < 4.78 is 0. The van der Waals surface area contributed by atoms with Gasteiger partial charge in [-0.25, -0.2) is 0 Å². The van der Waals surface area contributed by atoms with Crippen molar-refractivity contribution in [2.45, 2.75) is 19.5 Å². The topological polar surface area (TPSA) is 53.5 Å². The van der Waals surface area contributed by atoms with Gasteiger partial charge in [0.1, 0.15) is 6.54 Å². The van der Waals surface area contributed by atoms with Gasteiger partial charge in [-0.2, -0.15) is 0 Å². The summed E-state index contributed by atoms with van der Waals surface area (Å²) in [7, 11) is 0. The predicted octanol–water partition coefficient (Wildman–Crippen LogP) is 3.31. The van der Waals surface area contributed by atoms with Crippen LogP contribution in [0.3, 0.4) is 0 Å². The Morgan fingerprint density at radius 3 is 2.48 bits per heavy atom. The molecular weight excluding hydrogens is 362 g/mol. The van der Waals surface area contributed by atoms with Crippen LogP contribution in [0, 0.1) is 0 Å². The number of carbonyl (C=O) groups is 2. The lowest BCUT2D eigenvalue weighted by Gasteiger charge is -2.25. The first-order chi connectivity index (χ1) is 14.2. The molecule has 0 unspecified atom stereocenters. The molecule has 5 heteroatoms. The standard InChI is InChI=1S/C24H23N3O2/c28-23(18-27-16-20-10-4-5-12-22(20)24(27)29)26(17-21-11-6-7-14-25-21)15-13-19-8-2-1-3-9-19/h1-12,14H,13,15-18H2. The van der Waals surface area contributed by atoms with Crippen LogP contribution in [0.4, 0.5) is 0 Å². The second-order valence-corrected chi connectivity index (χ2v) is 7.19. The lowest BCUT2D eigenvalue weighted by molar-refractivity contribution is -0.132. The Bertz CT molecular complexity index is 989. The SMILES string of the molecule is O=C(CN1Cc2ccccc2C1=O)N(CCc1ccccc1)Cc1ccccn1. The van der Waals surface area contributed by atoms with Gasteiger partial charge in [-0.05, 0) is 35.7 Å². The lowest BCUT2D eigenvalue weighted by atomic mass is 10.1. The molecule has 0 spiro atoms. The van der Waals surface area contributed by atoms with Crippen LogP contribution in [0.2, 0.25) is 0 Å². The van der Waals surface area contributed by atoms with Crippen LogP contribution in [-0.4, -0.2) is 39.7 Å². The van der Waals surface area contributed by atoms with Crippen molar-refractivity contribution in [1.29, 1.82) is 0 Å². The normalized spacial score (nSPS) is 12.7. The number of hydrogen-bond donors (Lipinski definition) is 0. The van der Waals surface area contributed by atoms with E-state index in [2.05, 4.69) is 17.1 Å². The molecule has 0 fully saturated rings. The Morgan fingerprint density at radius 2 is 1.72 bits per heavy atom. The highest BCUT2D eigenvalue weighted by Crippen LogP contribution is 2.22. The first-order valence-electron chi connectivity index (χ1n) is 9.79. The van der Waals surface area contributed by atoms with Gasteiger partial charge in [0.05, 0.1) is 12.2 Å². The summed E-state index contributed by atoms with van der Waals surface area (Å²) in [5.41, 5.74) is 3.69. The fourth-order valence-electron chi connectivity index (χ4n) is 3.59. The highest BCUT2D eigenvalue weighted by Gasteiger charge is 2.29. The van der Waals surface area contributed by atoms with Crippen LogP contribution in [0.25, 0.3) is 0 Å². The highest BCUT2D eigenvalue weighted by molar-refractivity contribution is 6.00. The molecule has 29 heavy (non-hydrogen) atoms. The van der Waals surface area contributed by atoms with Crippen molar-refractivity contribution in [3.8, 4) is 0 Å². The van der Waals surface area contributed by atoms with Crippen molar-refractivity contribution in [1.82, 2.24) is 14.8 Å². The van der Waals surface area contributed by atoms with Gasteiger partial charge in [0, 0.05) is 24.8 Å². The minimum atomic E-state index is -0.0743. The summed E-state index contributed by atoms with van der Waals surface area (Å²) in [6.07, 6.45) is 2.49. The second kappa shape index (κ2) is 8.69.